The number of hydrogen-bond acceptors (Lipinski definition) is 4. The normalized spacial score (nSPS) is 11.0. The number of halogens is 3. The number of aromatic nitrogens is 1. The van der Waals surface area contributed by atoms with Gasteiger partial charge in [-0.15, -0.1) is 13.2 Å². The van der Waals surface area contributed by atoms with Crippen molar-refractivity contribution < 1.29 is 27.4 Å². The molecule has 0 spiro atoms. The van der Waals surface area contributed by atoms with Gasteiger partial charge in [0.25, 0.3) is 0 Å². The monoisotopic (exact) mass is 297 g/mol. The Kier molecular flexibility index (Phi) is 4.11. The molecule has 110 valence electrons. The maximum Gasteiger partial charge on any atom is 0.573 e. The van der Waals surface area contributed by atoms with Gasteiger partial charge >= 0.3 is 6.36 Å². The van der Waals surface area contributed by atoms with E-state index in [2.05, 4.69) is 9.72 Å². The van der Waals surface area contributed by atoms with E-state index in [0.717, 1.165) is 0 Å². The van der Waals surface area contributed by atoms with E-state index in [-0.39, 0.29) is 22.7 Å². The standard InChI is InChI=1S/C14H10F3NO3/c1-20-13-7-6-9(11(8-19)18-13)10-4-2-3-5-12(10)21-14(15,16)17/h2-8H,1H3. The number of pyridine rings is 1. The van der Waals surface area contributed by atoms with Crippen molar-refractivity contribution in [1.29, 1.82) is 0 Å². The Morgan fingerprint density at radius 3 is 2.43 bits per heavy atom. The molecule has 0 aliphatic rings. The molecule has 1 aromatic carbocycles. The van der Waals surface area contributed by atoms with Gasteiger partial charge in [0, 0.05) is 17.2 Å². The first-order valence-corrected chi connectivity index (χ1v) is 5.80. The van der Waals surface area contributed by atoms with Crippen molar-refractivity contribution in [1.82, 2.24) is 4.98 Å². The predicted octanol–water partition coefficient (Wildman–Crippen LogP) is 3.47. The largest absolute Gasteiger partial charge is 0.573 e. The van der Waals surface area contributed by atoms with Gasteiger partial charge in [-0.25, -0.2) is 4.98 Å². The maximum absolute atomic E-state index is 12.4. The molecule has 0 N–H and O–H groups in total. The van der Waals surface area contributed by atoms with E-state index >= 15 is 0 Å². The minimum Gasteiger partial charge on any atom is -0.481 e. The summed E-state index contributed by atoms with van der Waals surface area (Å²) in [7, 11) is 1.37. The number of carbonyl (C=O) groups is 1. The zero-order valence-electron chi connectivity index (χ0n) is 10.8. The fourth-order valence-electron chi connectivity index (χ4n) is 1.79. The van der Waals surface area contributed by atoms with E-state index in [0.29, 0.717) is 6.29 Å². The number of alkyl halides is 3. The van der Waals surface area contributed by atoms with Crippen molar-refractivity contribution in [3.63, 3.8) is 0 Å². The van der Waals surface area contributed by atoms with Crippen LogP contribution in [0.15, 0.2) is 36.4 Å². The molecule has 0 amide bonds. The minimum atomic E-state index is -4.82. The summed E-state index contributed by atoms with van der Waals surface area (Å²) in [5.41, 5.74) is 0.310. The summed E-state index contributed by atoms with van der Waals surface area (Å²) in [6.07, 6.45) is -4.38. The van der Waals surface area contributed by atoms with Gasteiger partial charge in [0.1, 0.15) is 11.4 Å². The van der Waals surface area contributed by atoms with Crippen molar-refractivity contribution in [2.75, 3.05) is 7.11 Å². The first-order valence-electron chi connectivity index (χ1n) is 5.80. The Hall–Kier alpha value is -2.57. The summed E-state index contributed by atoms with van der Waals surface area (Å²) in [5, 5.41) is 0. The average molecular weight is 297 g/mol. The van der Waals surface area contributed by atoms with Crippen molar-refractivity contribution in [3.05, 3.63) is 42.1 Å². The third kappa shape index (κ3) is 3.50. The van der Waals surface area contributed by atoms with Crippen LogP contribution >= 0.6 is 0 Å². The summed E-state index contributed by atoms with van der Waals surface area (Å²) in [4.78, 5) is 15.0. The van der Waals surface area contributed by atoms with Gasteiger partial charge in [0.2, 0.25) is 5.88 Å². The Labute approximate surface area is 118 Å². The van der Waals surface area contributed by atoms with Crippen LogP contribution in [0.3, 0.4) is 0 Å². The van der Waals surface area contributed by atoms with E-state index in [1.165, 1.54) is 43.5 Å². The number of methoxy groups -OCH3 is 1. The zero-order valence-corrected chi connectivity index (χ0v) is 10.8. The smallest absolute Gasteiger partial charge is 0.481 e. The topological polar surface area (TPSA) is 48.4 Å². The number of hydrogen-bond donors (Lipinski definition) is 0. The molecule has 0 aliphatic heterocycles. The summed E-state index contributed by atoms with van der Waals surface area (Å²) in [6, 6.07) is 8.43. The van der Waals surface area contributed by atoms with Crippen LogP contribution in [-0.4, -0.2) is 24.7 Å². The fourth-order valence-corrected chi connectivity index (χ4v) is 1.79. The number of aldehydes is 1. The first-order chi connectivity index (χ1) is 9.94. The molecule has 2 aromatic rings. The number of carbonyl (C=O) groups excluding carboxylic acids is 1. The van der Waals surface area contributed by atoms with E-state index < -0.39 is 12.1 Å². The van der Waals surface area contributed by atoms with Gasteiger partial charge in [-0.05, 0) is 12.1 Å². The molecular formula is C14H10F3NO3. The molecule has 7 heteroatoms. The molecule has 0 atom stereocenters. The van der Waals surface area contributed by atoms with Crippen molar-refractivity contribution in [2.24, 2.45) is 0 Å². The van der Waals surface area contributed by atoms with Gasteiger partial charge in [0.05, 0.1) is 7.11 Å². The van der Waals surface area contributed by atoms with Gasteiger partial charge in [-0.1, -0.05) is 18.2 Å². The van der Waals surface area contributed by atoms with E-state index in [9.17, 15) is 18.0 Å². The second-order valence-corrected chi connectivity index (χ2v) is 3.95. The molecule has 21 heavy (non-hydrogen) atoms. The van der Waals surface area contributed by atoms with Crippen LogP contribution in [-0.2, 0) is 0 Å². The third-order valence-electron chi connectivity index (χ3n) is 2.62. The summed E-state index contributed by atoms with van der Waals surface area (Å²) < 4.78 is 46.1. The molecule has 1 heterocycles. The van der Waals surface area contributed by atoms with Crippen molar-refractivity contribution >= 4 is 6.29 Å². The van der Waals surface area contributed by atoms with Crippen molar-refractivity contribution in [2.45, 2.75) is 6.36 Å². The van der Waals surface area contributed by atoms with E-state index in [1.807, 2.05) is 0 Å². The zero-order chi connectivity index (χ0) is 15.5. The highest BCUT2D eigenvalue weighted by atomic mass is 19.4. The third-order valence-corrected chi connectivity index (χ3v) is 2.62. The van der Waals surface area contributed by atoms with Crippen LogP contribution in [0.4, 0.5) is 13.2 Å². The highest BCUT2D eigenvalue weighted by Gasteiger charge is 2.32. The predicted molar refractivity (Wildman–Crippen MR) is 68.3 cm³/mol. The molecule has 0 bridgehead atoms. The molecule has 0 saturated carbocycles. The second kappa shape index (κ2) is 5.82. The number of rotatable bonds is 4. The maximum atomic E-state index is 12.4. The molecule has 0 radical (unpaired) electrons. The summed E-state index contributed by atoms with van der Waals surface area (Å²) in [5.74, 6) is -0.213. The SMILES string of the molecule is COc1ccc(-c2ccccc2OC(F)(F)F)c(C=O)n1. The molecule has 0 unspecified atom stereocenters. The highest BCUT2D eigenvalue weighted by molar-refractivity contribution is 5.87. The van der Waals surface area contributed by atoms with Crippen molar-refractivity contribution in [3.8, 4) is 22.8 Å². The average Bonchev–Trinajstić information content (AvgIpc) is 2.45. The molecule has 0 saturated heterocycles. The highest BCUT2D eigenvalue weighted by Crippen LogP contribution is 2.35. The molecule has 0 fully saturated rings. The lowest BCUT2D eigenvalue weighted by molar-refractivity contribution is -0.274. The molecule has 1 aromatic heterocycles. The molecular weight excluding hydrogens is 287 g/mol. The van der Waals surface area contributed by atoms with Crippen LogP contribution in [0.1, 0.15) is 10.5 Å². The van der Waals surface area contributed by atoms with Crippen LogP contribution < -0.4 is 9.47 Å². The van der Waals surface area contributed by atoms with Crippen LogP contribution in [0.2, 0.25) is 0 Å². The van der Waals surface area contributed by atoms with Gasteiger partial charge < -0.3 is 9.47 Å². The Morgan fingerprint density at radius 2 is 1.81 bits per heavy atom. The second-order valence-electron chi connectivity index (χ2n) is 3.95. The lowest BCUT2D eigenvalue weighted by Gasteiger charge is -2.14. The first kappa shape index (κ1) is 14.8. The fraction of sp³-hybridized carbons (Fsp3) is 0.143. The Bertz CT molecular complexity index is 656. The van der Waals surface area contributed by atoms with E-state index in [4.69, 9.17) is 4.74 Å². The van der Waals surface area contributed by atoms with Gasteiger partial charge in [-0.2, -0.15) is 0 Å². The van der Waals surface area contributed by atoms with Gasteiger partial charge in [0.15, 0.2) is 6.29 Å². The number of ether oxygens (including phenoxy) is 2. The molecule has 0 aliphatic carbocycles. The Balaban J connectivity index is 2.54. The Morgan fingerprint density at radius 1 is 1.10 bits per heavy atom. The molecule has 2 rings (SSSR count). The van der Waals surface area contributed by atoms with Crippen LogP contribution in [0, 0.1) is 0 Å². The number of para-hydroxylation sites is 1. The number of nitrogens with zero attached hydrogens (tertiary/aromatic N) is 1. The lowest BCUT2D eigenvalue weighted by Crippen LogP contribution is -2.17. The van der Waals surface area contributed by atoms with Crippen LogP contribution in [0.5, 0.6) is 11.6 Å². The van der Waals surface area contributed by atoms with Gasteiger partial charge in [-0.3, -0.25) is 4.79 Å². The van der Waals surface area contributed by atoms with Crippen LogP contribution in [0.25, 0.3) is 11.1 Å². The summed E-state index contributed by atoms with van der Waals surface area (Å²) in [6.45, 7) is 0. The quantitative estimate of drug-likeness (QED) is 0.811. The van der Waals surface area contributed by atoms with E-state index in [1.54, 1.807) is 0 Å². The molecule has 4 nitrogen and oxygen atoms in total. The lowest BCUT2D eigenvalue weighted by atomic mass is 10.0. The minimum absolute atomic E-state index is 0.0347. The summed E-state index contributed by atoms with van der Waals surface area (Å²) >= 11 is 0. The number of benzene rings is 1.